The summed E-state index contributed by atoms with van der Waals surface area (Å²) in [4.78, 5) is 4.40. The second kappa shape index (κ2) is 8.30. The molecule has 0 saturated carbocycles. The van der Waals surface area contributed by atoms with Crippen molar-refractivity contribution in [2.24, 2.45) is 0 Å². The number of nitrogens with zero attached hydrogens (tertiary/aromatic N) is 3. The molecular weight excluding hydrogens is 338 g/mol. The van der Waals surface area contributed by atoms with E-state index in [2.05, 4.69) is 31.9 Å². The number of hydrogen-bond donors (Lipinski definition) is 2. The fourth-order valence-corrected chi connectivity index (χ4v) is 2.39. The summed E-state index contributed by atoms with van der Waals surface area (Å²) >= 11 is 5.88. The van der Waals surface area contributed by atoms with Gasteiger partial charge >= 0.3 is 0 Å². The Morgan fingerprint density at radius 2 is 1.96 bits per heavy atom. The van der Waals surface area contributed by atoms with E-state index < -0.39 is 0 Å². The molecule has 0 aliphatic heterocycles. The van der Waals surface area contributed by atoms with Crippen LogP contribution in [0.1, 0.15) is 5.56 Å². The highest BCUT2D eigenvalue weighted by Crippen LogP contribution is 2.17. The first kappa shape index (κ1) is 17.0. The van der Waals surface area contributed by atoms with Gasteiger partial charge in [0.2, 0.25) is 5.95 Å². The van der Waals surface area contributed by atoms with Gasteiger partial charge in [-0.3, -0.25) is 0 Å². The molecule has 3 rings (SSSR count). The monoisotopic (exact) mass is 355 g/mol. The molecule has 1 aromatic heterocycles. The van der Waals surface area contributed by atoms with Crippen LogP contribution >= 0.6 is 11.6 Å². The van der Waals surface area contributed by atoms with Crippen LogP contribution in [0, 0.1) is 0 Å². The number of rotatable bonds is 7. The van der Waals surface area contributed by atoms with Crippen molar-refractivity contribution < 1.29 is 4.74 Å². The molecule has 2 N–H and O–H groups in total. The lowest BCUT2D eigenvalue weighted by Gasteiger charge is -2.08. The van der Waals surface area contributed by atoms with Crippen LogP contribution in [0.15, 0.2) is 54.7 Å². The number of ether oxygens (including phenoxy) is 1. The third kappa shape index (κ3) is 5.06. The highest BCUT2D eigenvalue weighted by atomic mass is 35.5. The van der Waals surface area contributed by atoms with Gasteiger partial charge in [-0.15, -0.1) is 5.10 Å². The summed E-state index contributed by atoms with van der Waals surface area (Å²) in [7, 11) is 1.67. The van der Waals surface area contributed by atoms with Crippen LogP contribution in [0.5, 0.6) is 5.75 Å². The zero-order chi connectivity index (χ0) is 17.5. The first-order chi connectivity index (χ1) is 12.2. The normalized spacial score (nSPS) is 10.3. The standard InChI is InChI=1S/C18H18ClN5O/c1-25-16-4-2-3-13(11-16)9-10-20-17-12-21-24-18(23-17)22-15-7-5-14(19)6-8-15/h2-8,11-12H,9-10H2,1H3,(H2,20,22,23,24). The van der Waals surface area contributed by atoms with Crippen molar-refractivity contribution in [2.75, 3.05) is 24.3 Å². The van der Waals surface area contributed by atoms with Crippen LogP contribution in [0.4, 0.5) is 17.5 Å². The highest BCUT2D eigenvalue weighted by Gasteiger charge is 2.02. The van der Waals surface area contributed by atoms with E-state index in [4.69, 9.17) is 16.3 Å². The zero-order valence-corrected chi connectivity index (χ0v) is 14.5. The van der Waals surface area contributed by atoms with E-state index in [0.717, 1.165) is 24.4 Å². The van der Waals surface area contributed by atoms with E-state index in [-0.39, 0.29) is 0 Å². The summed E-state index contributed by atoms with van der Waals surface area (Å²) in [5.74, 6) is 1.94. The number of anilines is 3. The molecule has 0 aliphatic carbocycles. The van der Waals surface area contributed by atoms with Gasteiger partial charge in [-0.1, -0.05) is 23.7 Å². The van der Waals surface area contributed by atoms with Crippen LogP contribution in [0.25, 0.3) is 0 Å². The number of benzene rings is 2. The third-order valence-corrected chi connectivity index (χ3v) is 3.77. The molecule has 0 amide bonds. The van der Waals surface area contributed by atoms with Gasteiger partial charge in [-0.05, 0) is 48.4 Å². The molecule has 128 valence electrons. The smallest absolute Gasteiger partial charge is 0.249 e. The van der Waals surface area contributed by atoms with Gasteiger partial charge in [0.25, 0.3) is 0 Å². The zero-order valence-electron chi connectivity index (χ0n) is 13.7. The number of aromatic nitrogens is 3. The van der Waals surface area contributed by atoms with Crippen molar-refractivity contribution in [2.45, 2.75) is 6.42 Å². The van der Waals surface area contributed by atoms with Gasteiger partial charge in [0.1, 0.15) is 5.75 Å². The minimum Gasteiger partial charge on any atom is -0.497 e. The van der Waals surface area contributed by atoms with Crippen molar-refractivity contribution in [3.8, 4) is 5.75 Å². The van der Waals surface area contributed by atoms with Crippen LogP contribution in [-0.4, -0.2) is 28.8 Å². The van der Waals surface area contributed by atoms with Crippen LogP contribution in [0.2, 0.25) is 5.02 Å². The third-order valence-electron chi connectivity index (χ3n) is 3.51. The van der Waals surface area contributed by atoms with Crippen LogP contribution < -0.4 is 15.4 Å². The van der Waals surface area contributed by atoms with E-state index in [1.807, 2.05) is 30.3 Å². The van der Waals surface area contributed by atoms with Gasteiger partial charge in [-0.25, -0.2) is 0 Å². The topological polar surface area (TPSA) is 72.0 Å². The lowest BCUT2D eigenvalue weighted by atomic mass is 10.1. The van der Waals surface area contributed by atoms with Crippen molar-refractivity contribution in [1.29, 1.82) is 0 Å². The predicted molar refractivity (Wildman–Crippen MR) is 99.7 cm³/mol. The van der Waals surface area contributed by atoms with E-state index in [1.165, 1.54) is 5.56 Å². The Kier molecular flexibility index (Phi) is 5.64. The lowest BCUT2D eigenvalue weighted by molar-refractivity contribution is 0.414. The Balaban J connectivity index is 1.57. The maximum Gasteiger partial charge on any atom is 0.249 e. The van der Waals surface area contributed by atoms with E-state index >= 15 is 0 Å². The van der Waals surface area contributed by atoms with Gasteiger partial charge in [0, 0.05) is 17.3 Å². The molecule has 0 fully saturated rings. The Bertz CT molecular complexity index is 826. The summed E-state index contributed by atoms with van der Waals surface area (Å²) < 4.78 is 5.23. The average Bonchev–Trinajstić information content (AvgIpc) is 2.64. The Morgan fingerprint density at radius 1 is 1.12 bits per heavy atom. The largest absolute Gasteiger partial charge is 0.497 e. The first-order valence-electron chi connectivity index (χ1n) is 7.82. The Hall–Kier alpha value is -2.86. The van der Waals surface area contributed by atoms with Gasteiger partial charge in [-0.2, -0.15) is 10.1 Å². The average molecular weight is 356 g/mol. The highest BCUT2D eigenvalue weighted by molar-refractivity contribution is 6.30. The molecule has 0 aliphatic rings. The molecule has 25 heavy (non-hydrogen) atoms. The van der Waals surface area contributed by atoms with Crippen molar-refractivity contribution in [3.05, 3.63) is 65.3 Å². The summed E-state index contributed by atoms with van der Waals surface area (Å²) in [6, 6.07) is 15.3. The maximum absolute atomic E-state index is 5.88. The van der Waals surface area contributed by atoms with E-state index in [9.17, 15) is 0 Å². The molecule has 0 atom stereocenters. The molecule has 0 bridgehead atoms. The molecule has 1 heterocycles. The Labute approximate surface area is 151 Å². The first-order valence-corrected chi connectivity index (χ1v) is 8.20. The number of methoxy groups -OCH3 is 1. The van der Waals surface area contributed by atoms with Gasteiger partial charge in [0.05, 0.1) is 13.3 Å². The van der Waals surface area contributed by atoms with Crippen LogP contribution in [-0.2, 0) is 6.42 Å². The predicted octanol–water partition coefficient (Wildman–Crippen LogP) is 3.93. The minimum absolute atomic E-state index is 0.425. The van der Waals surface area contributed by atoms with E-state index in [1.54, 1.807) is 25.4 Å². The molecular formula is C18H18ClN5O. The SMILES string of the molecule is COc1cccc(CCNc2cnnc(Nc3ccc(Cl)cc3)n2)c1. The van der Waals surface area contributed by atoms with Crippen molar-refractivity contribution in [3.63, 3.8) is 0 Å². The molecule has 0 spiro atoms. The van der Waals surface area contributed by atoms with E-state index in [0.29, 0.717) is 16.8 Å². The molecule has 0 radical (unpaired) electrons. The molecule has 3 aromatic rings. The van der Waals surface area contributed by atoms with Crippen molar-refractivity contribution in [1.82, 2.24) is 15.2 Å². The minimum atomic E-state index is 0.425. The summed E-state index contributed by atoms with van der Waals surface area (Å²) in [6.07, 6.45) is 2.44. The second-order valence-electron chi connectivity index (χ2n) is 5.33. The maximum atomic E-state index is 5.88. The summed E-state index contributed by atoms with van der Waals surface area (Å²) in [6.45, 7) is 0.728. The second-order valence-corrected chi connectivity index (χ2v) is 5.76. The number of nitrogens with one attached hydrogen (secondary N) is 2. The number of halogens is 1. The number of hydrogen-bond acceptors (Lipinski definition) is 6. The quantitative estimate of drug-likeness (QED) is 0.669. The fourth-order valence-electron chi connectivity index (χ4n) is 2.27. The molecule has 7 heteroatoms. The molecule has 2 aromatic carbocycles. The summed E-state index contributed by atoms with van der Waals surface area (Å²) in [5.41, 5.74) is 2.04. The van der Waals surface area contributed by atoms with Crippen molar-refractivity contribution >= 4 is 29.1 Å². The Morgan fingerprint density at radius 3 is 2.76 bits per heavy atom. The fraction of sp³-hybridized carbons (Fsp3) is 0.167. The van der Waals surface area contributed by atoms with Gasteiger partial charge < -0.3 is 15.4 Å². The molecule has 0 unspecified atom stereocenters. The molecule has 0 saturated heterocycles. The molecule has 6 nitrogen and oxygen atoms in total. The van der Waals surface area contributed by atoms with Crippen LogP contribution in [0.3, 0.4) is 0 Å². The van der Waals surface area contributed by atoms with Gasteiger partial charge in [0.15, 0.2) is 5.82 Å². The lowest BCUT2D eigenvalue weighted by Crippen LogP contribution is -2.08. The summed E-state index contributed by atoms with van der Waals surface area (Å²) in [5, 5.41) is 15.0.